The highest BCUT2D eigenvalue weighted by Crippen LogP contribution is 2.34. The second-order valence-electron chi connectivity index (χ2n) is 5.66. The van der Waals surface area contributed by atoms with Gasteiger partial charge in [-0.25, -0.2) is 0 Å². The zero-order valence-electron chi connectivity index (χ0n) is 13.8. The number of carbonyl (C=O) groups is 1. The van der Waals surface area contributed by atoms with E-state index in [-0.39, 0.29) is 5.91 Å². The summed E-state index contributed by atoms with van der Waals surface area (Å²) in [7, 11) is 0. The molecule has 1 saturated heterocycles. The number of nitrogens with two attached hydrogens (primary N) is 1. The fourth-order valence-electron chi connectivity index (χ4n) is 2.78. The molecular weight excluding hydrogens is 360 g/mol. The van der Waals surface area contributed by atoms with Crippen LogP contribution in [-0.2, 0) is 11.2 Å². The number of rotatable bonds is 7. The van der Waals surface area contributed by atoms with E-state index in [2.05, 4.69) is 15.9 Å². The molecule has 5 nitrogen and oxygen atoms in total. The summed E-state index contributed by atoms with van der Waals surface area (Å²) in [5.41, 5.74) is 6.61. The van der Waals surface area contributed by atoms with Crippen LogP contribution in [0.2, 0.25) is 0 Å². The van der Waals surface area contributed by atoms with Gasteiger partial charge in [-0.05, 0) is 50.4 Å². The van der Waals surface area contributed by atoms with E-state index in [4.69, 9.17) is 15.2 Å². The van der Waals surface area contributed by atoms with Crippen LogP contribution in [0.3, 0.4) is 0 Å². The average molecular weight is 385 g/mol. The predicted molar refractivity (Wildman–Crippen MR) is 93.9 cm³/mol. The minimum absolute atomic E-state index is 0.133. The Hall–Kier alpha value is -1.27. The van der Waals surface area contributed by atoms with E-state index < -0.39 is 0 Å². The smallest absolute Gasteiger partial charge is 0.227 e. The molecule has 1 atom stereocenters. The minimum atomic E-state index is 0.133. The topological polar surface area (TPSA) is 64.8 Å². The first kappa shape index (κ1) is 18.1. The van der Waals surface area contributed by atoms with Gasteiger partial charge in [0, 0.05) is 17.6 Å². The van der Waals surface area contributed by atoms with Crippen molar-refractivity contribution in [2.45, 2.75) is 26.7 Å². The summed E-state index contributed by atoms with van der Waals surface area (Å²) >= 11 is 3.54. The molecule has 1 fully saturated rings. The Morgan fingerprint density at radius 2 is 1.96 bits per heavy atom. The largest absolute Gasteiger partial charge is 0.490 e. The summed E-state index contributed by atoms with van der Waals surface area (Å²) < 4.78 is 12.1. The zero-order chi connectivity index (χ0) is 16.8. The van der Waals surface area contributed by atoms with Crippen molar-refractivity contribution in [1.29, 1.82) is 0 Å². The Morgan fingerprint density at radius 1 is 1.30 bits per heavy atom. The maximum Gasteiger partial charge on any atom is 0.227 e. The molecule has 2 rings (SSSR count). The van der Waals surface area contributed by atoms with E-state index in [1.54, 1.807) is 0 Å². The van der Waals surface area contributed by atoms with Crippen molar-refractivity contribution in [3.05, 3.63) is 22.2 Å². The molecule has 0 spiro atoms. The SMILES string of the molecule is CCOc1cc(Br)c(CC(=O)N2CC[C@@H](CN)C2)cc1OCC. The highest BCUT2D eigenvalue weighted by Gasteiger charge is 2.25. The Kier molecular flexibility index (Phi) is 6.72. The van der Waals surface area contributed by atoms with E-state index in [1.807, 2.05) is 30.9 Å². The molecule has 0 aromatic heterocycles. The van der Waals surface area contributed by atoms with Crippen molar-refractivity contribution in [1.82, 2.24) is 4.90 Å². The van der Waals surface area contributed by atoms with Gasteiger partial charge in [0.1, 0.15) is 0 Å². The van der Waals surface area contributed by atoms with Crippen LogP contribution >= 0.6 is 15.9 Å². The number of amides is 1. The Labute approximate surface area is 146 Å². The zero-order valence-corrected chi connectivity index (χ0v) is 15.4. The van der Waals surface area contributed by atoms with Gasteiger partial charge in [0.25, 0.3) is 0 Å². The van der Waals surface area contributed by atoms with Crippen LogP contribution in [0.1, 0.15) is 25.8 Å². The van der Waals surface area contributed by atoms with Gasteiger partial charge in [-0.2, -0.15) is 0 Å². The number of hydrogen-bond donors (Lipinski definition) is 1. The summed E-state index contributed by atoms with van der Waals surface area (Å²) in [5, 5.41) is 0. The van der Waals surface area contributed by atoms with Crippen molar-refractivity contribution in [3.8, 4) is 11.5 Å². The van der Waals surface area contributed by atoms with Crippen LogP contribution < -0.4 is 15.2 Å². The molecule has 1 aromatic carbocycles. The number of benzene rings is 1. The second-order valence-corrected chi connectivity index (χ2v) is 6.52. The summed E-state index contributed by atoms with van der Waals surface area (Å²) in [6, 6.07) is 3.77. The number of carbonyl (C=O) groups excluding carboxylic acids is 1. The molecular formula is C17H25BrN2O3. The van der Waals surface area contributed by atoms with Crippen LogP contribution in [0.25, 0.3) is 0 Å². The molecule has 0 aliphatic carbocycles. The predicted octanol–water partition coefficient (Wildman–Crippen LogP) is 2.60. The first-order chi connectivity index (χ1) is 11.1. The third-order valence-corrected chi connectivity index (χ3v) is 4.76. The molecule has 1 amide bonds. The highest BCUT2D eigenvalue weighted by molar-refractivity contribution is 9.10. The quantitative estimate of drug-likeness (QED) is 0.784. The molecule has 1 aliphatic heterocycles. The lowest BCUT2D eigenvalue weighted by Crippen LogP contribution is -2.31. The van der Waals surface area contributed by atoms with Gasteiger partial charge in [0.2, 0.25) is 5.91 Å². The van der Waals surface area contributed by atoms with Crippen molar-refractivity contribution < 1.29 is 14.3 Å². The molecule has 0 radical (unpaired) electrons. The first-order valence-corrected chi connectivity index (χ1v) is 8.94. The van der Waals surface area contributed by atoms with Gasteiger partial charge < -0.3 is 20.1 Å². The molecule has 128 valence electrons. The monoisotopic (exact) mass is 384 g/mol. The first-order valence-electron chi connectivity index (χ1n) is 8.14. The normalized spacial score (nSPS) is 17.4. The Bertz CT molecular complexity index is 551. The fourth-order valence-corrected chi connectivity index (χ4v) is 3.24. The van der Waals surface area contributed by atoms with E-state index in [0.29, 0.717) is 43.6 Å². The van der Waals surface area contributed by atoms with Gasteiger partial charge in [-0.1, -0.05) is 15.9 Å². The van der Waals surface area contributed by atoms with Gasteiger partial charge >= 0.3 is 0 Å². The molecule has 0 saturated carbocycles. The minimum Gasteiger partial charge on any atom is -0.490 e. The number of likely N-dealkylation sites (tertiary alicyclic amines) is 1. The van der Waals surface area contributed by atoms with Gasteiger partial charge in [-0.3, -0.25) is 4.79 Å². The molecule has 1 aromatic rings. The number of halogens is 1. The van der Waals surface area contributed by atoms with Crippen molar-refractivity contribution in [3.63, 3.8) is 0 Å². The Balaban J connectivity index is 2.12. The maximum atomic E-state index is 12.5. The molecule has 1 heterocycles. The summed E-state index contributed by atoms with van der Waals surface area (Å²) in [6.45, 7) is 7.20. The number of nitrogens with zero attached hydrogens (tertiary/aromatic N) is 1. The standard InChI is InChI=1S/C17H25BrN2O3/c1-3-22-15-7-13(14(18)9-16(15)23-4-2)8-17(21)20-6-5-12(10-19)11-20/h7,9,12H,3-6,8,10-11,19H2,1-2H3/t12-/m0/s1. The van der Waals surface area contributed by atoms with Crippen LogP contribution in [0.5, 0.6) is 11.5 Å². The molecule has 6 heteroatoms. The molecule has 2 N–H and O–H groups in total. The Morgan fingerprint density at radius 3 is 2.52 bits per heavy atom. The number of hydrogen-bond acceptors (Lipinski definition) is 4. The van der Waals surface area contributed by atoms with Crippen LogP contribution in [0, 0.1) is 5.92 Å². The molecule has 1 aliphatic rings. The lowest BCUT2D eigenvalue weighted by atomic mass is 10.1. The average Bonchev–Trinajstić information content (AvgIpc) is 3.01. The number of ether oxygens (including phenoxy) is 2. The van der Waals surface area contributed by atoms with Gasteiger partial charge in [0.05, 0.1) is 19.6 Å². The lowest BCUT2D eigenvalue weighted by molar-refractivity contribution is -0.129. The third kappa shape index (κ3) is 4.61. The van der Waals surface area contributed by atoms with Crippen LogP contribution in [0.15, 0.2) is 16.6 Å². The summed E-state index contributed by atoms with van der Waals surface area (Å²) in [4.78, 5) is 14.4. The highest BCUT2D eigenvalue weighted by atomic mass is 79.9. The van der Waals surface area contributed by atoms with Crippen LogP contribution in [0.4, 0.5) is 0 Å². The summed E-state index contributed by atoms with van der Waals surface area (Å²) in [6.07, 6.45) is 1.35. The van der Waals surface area contributed by atoms with E-state index in [0.717, 1.165) is 29.5 Å². The van der Waals surface area contributed by atoms with Gasteiger partial charge in [0.15, 0.2) is 11.5 Å². The molecule has 0 unspecified atom stereocenters. The van der Waals surface area contributed by atoms with E-state index in [1.165, 1.54) is 0 Å². The van der Waals surface area contributed by atoms with Gasteiger partial charge in [-0.15, -0.1) is 0 Å². The second kappa shape index (κ2) is 8.55. The van der Waals surface area contributed by atoms with Crippen LogP contribution in [-0.4, -0.2) is 43.7 Å². The van der Waals surface area contributed by atoms with Crippen molar-refractivity contribution in [2.75, 3.05) is 32.8 Å². The van der Waals surface area contributed by atoms with Crippen molar-refractivity contribution >= 4 is 21.8 Å². The summed E-state index contributed by atoms with van der Waals surface area (Å²) in [5.74, 6) is 1.94. The lowest BCUT2D eigenvalue weighted by Gasteiger charge is -2.18. The fraction of sp³-hybridized carbons (Fsp3) is 0.588. The van der Waals surface area contributed by atoms with Crippen molar-refractivity contribution in [2.24, 2.45) is 11.7 Å². The molecule has 23 heavy (non-hydrogen) atoms. The maximum absolute atomic E-state index is 12.5. The van der Waals surface area contributed by atoms with E-state index >= 15 is 0 Å². The molecule has 0 bridgehead atoms. The third-order valence-electron chi connectivity index (χ3n) is 4.03. The van der Waals surface area contributed by atoms with E-state index in [9.17, 15) is 4.79 Å².